The number of carbonyl (C=O) groups is 1. The van der Waals surface area contributed by atoms with E-state index in [9.17, 15) is 9.59 Å². The lowest BCUT2D eigenvalue weighted by Crippen LogP contribution is -2.33. The summed E-state index contributed by atoms with van der Waals surface area (Å²) in [5.74, 6) is 0. The van der Waals surface area contributed by atoms with Gasteiger partial charge in [0.05, 0.1) is 6.33 Å². The van der Waals surface area contributed by atoms with Crippen LogP contribution in [0.4, 0.5) is 10.5 Å². The second-order valence-electron chi connectivity index (χ2n) is 4.45. The second kappa shape index (κ2) is 6.90. The number of nitrogens with one attached hydrogen (secondary N) is 2. The monoisotopic (exact) mass is 306 g/mol. The number of hydrogen-bond acceptors (Lipinski definition) is 3. The number of carbonyl (C=O) groups excluding carboxylic acids is 1. The Morgan fingerprint density at radius 3 is 2.90 bits per heavy atom. The smallest absolute Gasteiger partial charge is 0.319 e. The highest BCUT2D eigenvalue weighted by Gasteiger charge is 2.02. The molecule has 0 aliphatic heterocycles. The maximum atomic E-state index is 11.7. The summed E-state index contributed by atoms with van der Waals surface area (Å²) in [4.78, 5) is 27.3. The lowest BCUT2D eigenvalue weighted by molar-refractivity contribution is 0.251. The molecule has 110 valence electrons. The van der Waals surface area contributed by atoms with Gasteiger partial charge in [-0.1, -0.05) is 17.7 Å². The van der Waals surface area contributed by atoms with Crippen molar-refractivity contribution in [2.75, 3.05) is 11.9 Å². The first-order valence-corrected chi connectivity index (χ1v) is 6.76. The molecule has 2 rings (SSSR count). The molecule has 7 heteroatoms. The van der Waals surface area contributed by atoms with Gasteiger partial charge in [-0.15, -0.1) is 0 Å². The summed E-state index contributed by atoms with van der Waals surface area (Å²) >= 11 is 5.83. The van der Waals surface area contributed by atoms with Crippen LogP contribution < -0.4 is 16.2 Å². The van der Waals surface area contributed by atoms with Gasteiger partial charge in [0.25, 0.3) is 5.56 Å². The van der Waals surface area contributed by atoms with Crippen LogP contribution in [0, 0.1) is 6.92 Å². The molecule has 0 aliphatic rings. The van der Waals surface area contributed by atoms with Gasteiger partial charge in [0, 0.05) is 35.6 Å². The number of aryl methyl sites for hydroxylation is 1. The van der Waals surface area contributed by atoms with E-state index in [1.165, 1.54) is 17.0 Å². The zero-order chi connectivity index (χ0) is 15.2. The Hall–Kier alpha value is -2.34. The van der Waals surface area contributed by atoms with Crippen LogP contribution in [0.2, 0.25) is 5.02 Å². The summed E-state index contributed by atoms with van der Waals surface area (Å²) in [7, 11) is 0. The fourth-order valence-corrected chi connectivity index (χ4v) is 1.91. The maximum absolute atomic E-state index is 11.7. The van der Waals surface area contributed by atoms with Crippen LogP contribution in [0.1, 0.15) is 5.69 Å². The third-order valence-corrected chi connectivity index (χ3v) is 2.97. The van der Waals surface area contributed by atoms with Gasteiger partial charge in [-0.3, -0.25) is 9.36 Å². The van der Waals surface area contributed by atoms with E-state index < -0.39 is 0 Å². The summed E-state index contributed by atoms with van der Waals surface area (Å²) < 4.78 is 1.44. The van der Waals surface area contributed by atoms with E-state index in [4.69, 9.17) is 11.6 Å². The molecule has 6 nitrogen and oxygen atoms in total. The van der Waals surface area contributed by atoms with Crippen molar-refractivity contribution < 1.29 is 4.79 Å². The van der Waals surface area contributed by atoms with Crippen molar-refractivity contribution >= 4 is 23.3 Å². The Morgan fingerprint density at radius 1 is 1.38 bits per heavy atom. The first-order valence-electron chi connectivity index (χ1n) is 6.38. The van der Waals surface area contributed by atoms with Gasteiger partial charge in [-0.05, 0) is 25.1 Å². The van der Waals surface area contributed by atoms with E-state index in [0.717, 1.165) is 0 Å². The minimum atomic E-state index is -0.356. The molecule has 0 aliphatic carbocycles. The van der Waals surface area contributed by atoms with E-state index in [2.05, 4.69) is 15.6 Å². The number of hydrogen-bond donors (Lipinski definition) is 2. The van der Waals surface area contributed by atoms with Gasteiger partial charge in [0.2, 0.25) is 0 Å². The number of benzene rings is 1. The maximum Gasteiger partial charge on any atom is 0.319 e. The van der Waals surface area contributed by atoms with E-state index in [1.54, 1.807) is 31.2 Å². The Balaban J connectivity index is 1.83. The Kier molecular flexibility index (Phi) is 4.94. The van der Waals surface area contributed by atoms with Crippen molar-refractivity contribution in [1.82, 2.24) is 14.9 Å². The Labute approximate surface area is 126 Å². The van der Waals surface area contributed by atoms with E-state index >= 15 is 0 Å². The fraction of sp³-hybridized carbons (Fsp3) is 0.214. The molecular formula is C14H15ClN4O2. The van der Waals surface area contributed by atoms with Crippen LogP contribution in [0.25, 0.3) is 0 Å². The number of halogens is 1. The van der Waals surface area contributed by atoms with Gasteiger partial charge >= 0.3 is 6.03 Å². The third-order valence-electron chi connectivity index (χ3n) is 2.74. The molecule has 0 saturated carbocycles. The van der Waals surface area contributed by atoms with Gasteiger partial charge in [-0.2, -0.15) is 0 Å². The highest BCUT2D eigenvalue weighted by molar-refractivity contribution is 6.30. The van der Waals surface area contributed by atoms with Crippen LogP contribution in [0.5, 0.6) is 0 Å². The quantitative estimate of drug-likeness (QED) is 0.907. The molecule has 0 fully saturated rings. The molecule has 0 saturated heterocycles. The number of nitrogens with zero attached hydrogens (tertiary/aromatic N) is 2. The van der Waals surface area contributed by atoms with Gasteiger partial charge in [-0.25, -0.2) is 9.78 Å². The average molecular weight is 307 g/mol. The van der Waals surface area contributed by atoms with E-state index in [-0.39, 0.29) is 11.6 Å². The zero-order valence-corrected chi connectivity index (χ0v) is 12.2. The van der Waals surface area contributed by atoms with Crippen molar-refractivity contribution in [3.05, 3.63) is 57.7 Å². The van der Waals surface area contributed by atoms with Crippen molar-refractivity contribution in [2.24, 2.45) is 0 Å². The number of rotatable bonds is 4. The second-order valence-corrected chi connectivity index (χ2v) is 4.89. The van der Waals surface area contributed by atoms with Crippen LogP contribution >= 0.6 is 11.6 Å². The molecule has 0 unspecified atom stereocenters. The predicted molar refractivity (Wildman–Crippen MR) is 81.7 cm³/mol. The van der Waals surface area contributed by atoms with E-state index in [0.29, 0.717) is 29.5 Å². The van der Waals surface area contributed by atoms with Gasteiger partial charge < -0.3 is 10.6 Å². The number of aromatic nitrogens is 2. The molecule has 1 aromatic carbocycles. The number of anilines is 1. The standard InChI is InChI=1S/C14H15ClN4O2/c1-10-7-13(20)19(9-17-10)6-5-16-14(21)18-12-4-2-3-11(15)8-12/h2-4,7-9H,5-6H2,1H3,(H2,16,18,21). The molecule has 0 radical (unpaired) electrons. The topological polar surface area (TPSA) is 76.0 Å². The van der Waals surface area contributed by atoms with Crippen molar-refractivity contribution in [2.45, 2.75) is 13.5 Å². The summed E-state index contributed by atoms with van der Waals surface area (Å²) in [6.45, 7) is 2.43. The SMILES string of the molecule is Cc1cc(=O)n(CCNC(=O)Nc2cccc(Cl)c2)cn1. The number of urea groups is 1. The van der Waals surface area contributed by atoms with Gasteiger partial charge in [0.15, 0.2) is 0 Å². The lowest BCUT2D eigenvalue weighted by atomic mass is 10.3. The zero-order valence-electron chi connectivity index (χ0n) is 11.5. The number of amides is 2. The molecule has 0 spiro atoms. The van der Waals surface area contributed by atoms with Crippen molar-refractivity contribution in [3.8, 4) is 0 Å². The minimum Gasteiger partial charge on any atom is -0.336 e. The highest BCUT2D eigenvalue weighted by Crippen LogP contribution is 2.14. The third kappa shape index (κ3) is 4.61. The predicted octanol–water partition coefficient (Wildman–Crippen LogP) is 2.03. The molecule has 0 bridgehead atoms. The lowest BCUT2D eigenvalue weighted by Gasteiger charge is -2.09. The highest BCUT2D eigenvalue weighted by atomic mass is 35.5. The molecule has 21 heavy (non-hydrogen) atoms. The van der Waals surface area contributed by atoms with E-state index in [1.807, 2.05) is 0 Å². The van der Waals surface area contributed by atoms with Crippen LogP contribution in [-0.2, 0) is 6.54 Å². The summed E-state index contributed by atoms with van der Waals surface area (Å²) in [6.07, 6.45) is 1.47. The molecule has 1 heterocycles. The molecule has 2 N–H and O–H groups in total. The average Bonchev–Trinajstić information content (AvgIpc) is 2.41. The first kappa shape index (κ1) is 15.1. The van der Waals surface area contributed by atoms with Crippen LogP contribution in [0.3, 0.4) is 0 Å². The summed E-state index contributed by atoms with van der Waals surface area (Å²) in [5, 5.41) is 5.86. The molecule has 2 amide bonds. The fourth-order valence-electron chi connectivity index (χ4n) is 1.72. The Morgan fingerprint density at radius 2 is 2.19 bits per heavy atom. The van der Waals surface area contributed by atoms with Gasteiger partial charge in [0.1, 0.15) is 0 Å². The molecule has 1 aromatic heterocycles. The van der Waals surface area contributed by atoms with Crippen molar-refractivity contribution in [3.63, 3.8) is 0 Å². The minimum absolute atomic E-state index is 0.139. The largest absolute Gasteiger partial charge is 0.336 e. The van der Waals surface area contributed by atoms with Crippen LogP contribution in [0.15, 0.2) is 41.5 Å². The van der Waals surface area contributed by atoms with Crippen LogP contribution in [-0.4, -0.2) is 22.1 Å². The summed E-state index contributed by atoms with van der Waals surface area (Å²) in [5.41, 5.74) is 1.14. The van der Waals surface area contributed by atoms with Crippen molar-refractivity contribution in [1.29, 1.82) is 0 Å². The molecular weight excluding hydrogens is 292 g/mol. The normalized spacial score (nSPS) is 10.2. The summed E-state index contributed by atoms with van der Waals surface area (Å²) in [6, 6.07) is 7.95. The molecule has 0 atom stereocenters. The Bertz CT molecular complexity index is 699. The first-order chi connectivity index (χ1) is 10.0. The molecule has 2 aromatic rings.